The highest BCUT2D eigenvalue weighted by Crippen LogP contribution is 2.20. The van der Waals surface area contributed by atoms with Crippen molar-refractivity contribution >= 4 is 0 Å². The Morgan fingerprint density at radius 2 is 2.33 bits per heavy atom. The molecule has 2 N–H and O–H groups in total. The average Bonchev–Trinajstić information content (AvgIpc) is 1.79. The SMILES string of the molecule is COC1(CON)COC1. The molecule has 54 valence electrons. The predicted molar refractivity (Wildman–Crippen MR) is 30.7 cm³/mol. The standard InChI is InChI=1S/C5H11NO3/c1-7-5(4-9-6)2-8-3-5/h2-4,6H2,1H3. The Morgan fingerprint density at radius 1 is 1.67 bits per heavy atom. The van der Waals surface area contributed by atoms with Crippen molar-refractivity contribution in [3.8, 4) is 0 Å². The first kappa shape index (κ1) is 6.95. The van der Waals surface area contributed by atoms with Crippen molar-refractivity contribution in [3.05, 3.63) is 0 Å². The molecule has 0 radical (unpaired) electrons. The van der Waals surface area contributed by atoms with Crippen LogP contribution < -0.4 is 5.90 Å². The molecule has 0 bridgehead atoms. The Bertz CT molecular complexity index is 86.7. The molecule has 1 fully saturated rings. The van der Waals surface area contributed by atoms with E-state index in [0.717, 1.165) is 0 Å². The van der Waals surface area contributed by atoms with E-state index in [9.17, 15) is 0 Å². The summed E-state index contributed by atoms with van der Waals surface area (Å²) in [5, 5.41) is 0. The monoisotopic (exact) mass is 133 g/mol. The Hall–Kier alpha value is -0.160. The van der Waals surface area contributed by atoms with Crippen molar-refractivity contribution in [3.63, 3.8) is 0 Å². The van der Waals surface area contributed by atoms with Crippen molar-refractivity contribution in [2.24, 2.45) is 5.90 Å². The van der Waals surface area contributed by atoms with E-state index in [4.69, 9.17) is 15.4 Å². The van der Waals surface area contributed by atoms with Gasteiger partial charge in [0.1, 0.15) is 12.2 Å². The Labute approximate surface area is 53.8 Å². The molecule has 0 aromatic heterocycles. The van der Waals surface area contributed by atoms with E-state index in [1.807, 2.05) is 0 Å². The van der Waals surface area contributed by atoms with Gasteiger partial charge in [-0.1, -0.05) is 0 Å². The van der Waals surface area contributed by atoms with Crippen LogP contribution in [0, 0.1) is 0 Å². The Balaban J connectivity index is 2.28. The molecule has 9 heavy (non-hydrogen) atoms. The van der Waals surface area contributed by atoms with Gasteiger partial charge in [0, 0.05) is 7.11 Å². The van der Waals surface area contributed by atoms with Crippen LogP contribution >= 0.6 is 0 Å². The third-order valence-corrected chi connectivity index (χ3v) is 1.51. The first-order valence-electron chi connectivity index (χ1n) is 2.77. The molecule has 0 unspecified atom stereocenters. The zero-order valence-corrected chi connectivity index (χ0v) is 5.42. The van der Waals surface area contributed by atoms with Crippen LogP contribution in [0.1, 0.15) is 0 Å². The van der Waals surface area contributed by atoms with Crippen molar-refractivity contribution in [1.82, 2.24) is 0 Å². The quantitative estimate of drug-likeness (QED) is 0.517. The molecule has 1 saturated heterocycles. The van der Waals surface area contributed by atoms with Crippen LogP contribution in [0.3, 0.4) is 0 Å². The lowest BCUT2D eigenvalue weighted by molar-refractivity contribution is -0.220. The van der Waals surface area contributed by atoms with Gasteiger partial charge < -0.3 is 14.3 Å². The minimum atomic E-state index is -0.255. The molecule has 0 amide bonds. The van der Waals surface area contributed by atoms with E-state index in [2.05, 4.69) is 4.84 Å². The number of rotatable bonds is 3. The van der Waals surface area contributed by atoms with Crippen LogP contribution in [-0.4, -0.2) is 32.5 Å². The van der Waals surface area contributed by atoms with Crippen LogP contribution in [0.4, 0.5) is 0 Å². The summed E-state index contributed by atoms with van der Waals surface area (Å²) in [7, 11) is 1.63. The molecule has 0 spiro atoms. The van der Waals surface area contributed by atoms with Gasteiger partial charge in [0.25, 0.3) is 0 Å². The van der Waals surface area contributed by atoms with Gasteiger partial charge in [-0.3, -0.25) is 0 Å². The van der Waals surface area contributed by atoms with E-state index in [1.54, 1.807) is 7.11 Å². The third kappa shape index (κ3) is 1.21. The van der Waals surface area contributed by atoms with E-state index in [0.29, 0.717) is 19.8 Å². The maximum absolute atomic E-state index is 5.08. The molecule has 0 saturated carbocycles. The van der Waals surface area contributed by atoms with Gasteiger partial charge in [-0.05, 0) is 0 Å². The smallest absolute Gasteiger partial charge is 0.139 e. The highest BCUT2D eigenvalue weighted by atomic mass is 16.7. The largest absolute Gasteiger partial charge is 0.375 e. The van der Waals surface area contributed by atoms with Crippen LogP contribution in [0.15, 0.2) is 0 Å². The number of nitrogens with two attached hydrogens (primary N) is 1. The predicted octanol–water partition coefficient (Wildman–Crippen LogP) is -0.708. The fourth-order valence-corrected chi connectivity index (χ4v) is 0.742. The minimum Gasteiger partial charge on any atom is -0.375 e. The summed E-state index contributed by atoms with van der Waals surface area (Å²) in [4.78, 5) is 4.44. The molecule has 4 nitrogen and oxygen atoms in total. The molecule has 1 heterocycles. The van der Waals surface area contributed by atoms with Crippen LogP contribution in [-0.2, 0) is 14.3 Å². The highest BCUT2D eigenvalue weighted by Gasteiger charge is 2.38. The van der Waals surface area contributed by atoms with Crippen molar-refractivity contribution in [2.75, 3.05) is 26.9 Å². The van der Waals surface area contributed by atoms with E-state index >= 15 is 0 Å². The summed E-state index contributed by atoms with van der Waals surface area (Å²) in [6, 6.07) is 0. The number of ether oxygens (including phenoxy) is 2. The third-order valence-electron chi connectivity index (χ3n) is 1.51. The Morgan fingerprint density at radius 3 is 2.44 bits per heavy atom. The molecule has 0 aliphatic carbocycles. The van der Waals surface area contributed by atoms with Gasteiger partial charge >= 0.3 is 0 Å². The molecular weight excluding hydrogens is 122 g/mol. The van der Waals surface area contributed by atoms with E-state index < -0.39 is 0 Å². The van der Waals surface area contributed by atoms with Crippen LogP contribution in [0.25, 0.3) is 0 Å². The van der Waals surface area contributed by atoms with Gasteiger partial charge in [-0.15, -0.1) is 0 Å². The van der Waals surface area contributed by atoms with Crippen LogP contribution in [0.2, 0.25) is 0 Å². The molecular formula is C5H11NO3. The molecule has 1 aliphatic heterocycles. The minimum absolute atomic E-state index is 0.255. The molecule has 1 aliphatic rings. The lowest BCUT2D eigenvalue weighted by Gasteiger charge is -2.38. The zero-order chi connectivity index (χ0) is 6.74. The second kappa shape index (κ2) is 2.62. The zero-order valence-electron chi connectivity index (χ0n) is 5.42. The molecule has 1 rings (SSSR count). The normalized spacial score (nSPS) is 23.3. The lowest BCUT2D eigenvalue weighted by Crippen LogP contribution is -2.55. The van der Waals surface area contributed by atoms with Gasteiger partial charge in [0.05, 0.1) is 13.2 Å². The second-order valence-corrected chi connectivity index (χ2v) is 2.19. The first-order valence-corrected chi connectivity index (χ1v) is 2.77. The fourth-order valence-electron chi connectivity index (χ4n) is 0.742. The first-order chi connectivity index (χ1) is 4.33. The van der Waals surface area contributed by atoms with Crippen LogP contribution in [0.5, 0.6) is 0 Å². The van der Waals surface area contributed by atoms with Gasteiger partial charge in [-0.2, -0.15) is 0 Å². The van der Waals surface area contributed by atoms with Crippen molar-refractivity contribution < 1.29 is 14.3 Å². The van der Waals surface area contributed by atoms with Crippen molar-refractivity contribution in [1.29, 1.82) is 0 Å². The fraction of sp³-hybridized carbons (Fsp3) is 1.00. The number of methoxy groups -OCH3 is 1. The average molecular weight is 133 g/mol. The molecule has 0 aromatic rings. The summed E-state index contributed by atoms with van der Waals surface area (Å²) in [5.41, 5.74) is -0.255. The van der Waals surface area contributed by atoms with E-state index in [-0.39, 0.29) is 5.60 Å². The summed E-state index contributed by atoms with van der Waals surface area (Å²) in [5.74, 6) is 4.86. The van der Waals surface area contributed by atoms with Crippen molar-refractivity contribution in [2.45, 2.75) is 5.60 Å². The highest BCUT2D eigenvalue weighted by molar-refractivity contribution is 4.86. The Kier molecular flexibility index (Phi) is 2.02. The van der Waals surface area contributed by atoms with E-state index in [1.165, 1.54) is 0 Å². The summed E-state index contributed by atoms with van der Waals surface area (Å²) in [6.07, 6.45) is 0. The lowest BCUT2D eigenvalue weighted by atomic mass is 10.0. The summed E-state index contributed by atoms with van der Waals surface area (Å²) >= 11 is 0. The molecule has 4 heteroatoms. The number of hydrogen-bond acceptors (Lipinski definition) is 4. The molecule has 0 aromatic carbocycles. The second-order valence-electron chi connectivity index (χ2n) is 2.19. The topological polar surface area (TPSA) is 53.7 Å². The summed E-state index contributed by atoms with van der Waals surface area (Å²) in [6.45, 7) is 1.57. The van der Waals surface area contributed by atoms with Gasteiger partial charge in [-0.25, -0.2) is 5.90 Å². The maximum atomic E-state index is 5.08. The van der Waals surface area contributed by atoms with Gasteiger partial charge in [0.2, 0.25) is 0 Å². The maximum Gasteiger partial charge on any atom is 0.139 e. The number of hydrogen-bond donors (Lipinski definition) is 1. The van der Waals surface area contributed by atoms with Gasteiger partial charge in [0.15, 0.2) is 0 Å². The molecule has 0 atom stereocenters. The summed E-state index contributed by atoms with van der Waals surface area (Å²) < 4.78 is 10.0.